The molecule has 1 atom stereocenters. The van der Waals surface area contributed by atoms with Crippen LogP contribution in [0.15, 0.2) is 36.9 Å². The summed E-state index contributed by atoms with van der Waals surface area (Å²) in [4.78, 5) is 8.51. The van der Waals surface area contributed by atoms with Crippen LogP contribution in [0.4, 0.5) is 11.6 Å². The van der Waals surface area contributed by atoms with E-state index >= 15 is 0 Å². The predicted octanol–water partition coefficient (Wildman–Crippen LogP) is 2.21. The number of nitrogens with one attached hydrogen (secondary N) is 2. The molecule has 0 amide bonds. The van der Waals surface area contributed by atoms with Gasteiger partial charge in [-0.05, 0) is 26.0 Å². The molecule has 0 aliphatic rings. The second-order valence-electron chi connectivity index (χ2n) is 4.24. The normalized spacial score (nSPS) is 12.1. The molecule has 0 fully saturated rings. The average Bonchev–Trinajstić information content (AvgIpc) is 2.82. The maximum absolute atomic E-state index is 4.48. The third-order valence-corrected chi connectivity index (χ3v) is 2.55. The summed E-state index contributed by atoms with van der Waals surface area (Å²) >= 11 is 0. The van der Waals surface area contributed by atoms with Crippen LogP contribution in [0.5, 0.6) is 0 Å². The summed E-state index contributed by atoms with van der Waals surface area (Å²) in [5.74, 6) is 1.79. The van der Waals surface area contributed by atoms with Crippen LogP contribution in [0.3, 0.4) is 0 Å². The van der Waals surface area contributed by atoms with Gasteiger partial charge >= 0.3 is 0 Å². The number of aromatic nitrogens is 3. The molecule has 2 aromatic rings. The van der Waals surface area contributed by atoms with Crippen molar-refractivity contribution >= 4 is 11.6 Å². The summed E-state index contributed by atoms with van der Waals surface area (Å²) in [5.41, 5.74) is 0. The molecule has 0 aliphatic heterocycles. The summed E-state index contributed by atoms with van der Waals surface area (Å²) < 4.78 is 2.05. The highest BCUT2D eigenvalue weighted by Gasteiger charge is 2.04. The first kappa shape index (κ1) is 12.4. The zero-order chi connectivity index (χ0) is 12.8. The molecule has 2 N–H and O–H groups in total. The van der Waals surface area contributed by atoms with E-state index in [0.717, 1.165) is 24.7 Å². The maximum atomic E-state index is 4.48. The second-order valence-corrected chi connectivity index (χ2v) is 4.24. The topological polar surface area (TPSA) is 54.8 Å². The van der Waals surface area contributed by atoms with Crippen LogP contribution in [0.25, 0.3) is 0 Å². The first-order valence-corrected chi connectivity index (χ1v) is 6.21. The zero-order valence-corrected chi connectivity index (χ0v) is 10.8. The molecule has 18 heavy (non-hydrogen) atoms. The molecule has 0 aliphatic carbocycles. The molecule has 0 aromatic carbocycles. The van der Waals surface area contributed by atoms with Gasteiger partial charge in [0.25, 0.3) is 0 Å². The molecule has 2 rings (SSSR count). The van der Waals surface area contributed by atoms with Gasteiger partial charge in [-0.2, -0.15) is 0 Å². The Morgan fingerprint density at radius 1 is 1.33 bits per heavy atom. The van der Waals surface area contributed by atoms with Gasteiger partial charge in [0, 0.05) is 31.5 Å². The molecular formula is C13H19N5. The Morgan fingerprint density at radius 3 is 2.89 bits per heavy atom. The van der Waals surface area contributed by atoms with E-state index in [1.807, 2.05) is 35.3 Å². The summed E-state index contributed by atoms with van der Waals surface area (Å²) in [5, 5.41) is 6.58. The summed E-state index contributed by atoms with van der Waals surface area (Å²) in [6.07, 6.45) is 5.57. The van der Waals surface area contributed by atoms with Crippen molar-refractivity contribution in [3.8, 4) is 0 Å². The van der Waals surface area contributed by atoms with Crippen LogP contribution < -0.4 is 10.6 Å². The van der Waals surface area contributed by atoms with Gasteiger partial charge in [0.2, 0.25) is 0 Å². The highest BCUT2D eigenvalue weighted by molar-refractivity contribution is 5.45. The molecule has 0 spiro atoms. The number of pyridine rings is 1. The number of hydrogen-bond acceptors (Lipinski definition) is 4. The number of rotatable bonds is 6. The van der Waals surface area contributed by atoms with Crippen LogP contribution >= 0.6 is 0 Å². The van der Waals surface area contributed by atoms with Crippen molar-refractivity contribution < 1.29 is 0 Å². The fourth-order valence-corrected chi connectivity index (χ4v) is 1.80. The van der Waals surface area contributed by atoms with Crippen molar-refractivity contribution in [2.75, 3.05) is 17.2 Å². The molecule has 0 bridgehead atoms. The first-order chi connectivity index (χ1) is 8.78. The van der Waals surface area contributed by atoms with E-state index in [1.165, 1.54) is 0 Å². The van der Waals surface area contributed by atoms with E-state index in [2.05, 4.69) is 34.4 Å². The molecular weight excluding hydrogens is 226 g/mol. The Morgan fingerprint density at radius 2 is 2.17 bits per heavy atom. The fraction of sp³-hybridized carbons (Fsp3) is 0.385. The SMILES string of the molecule is CCNc1cccc(NC(C)Cn2ccnc2)n1. The monoisotopic (exact) mass is 245 g/mol. The molecule has 0 saturated carbocycles. The Bertz CT molecular complexity index is 466. The molecule has 2 heterocycles. The Kier molecular flexibility index (Phi) is 4.17. The Balaban J connectivity index is 1.93. The van der Waals surface area contributed by atoms with E-state index in [9.17, 15) is 0 Å². The highest BCUT2D eigenvalue weighted by Crippen LogP contribution is 2.10. The van der Waals surface area contributed by atoms with Crippen molar-refractivity contribution in [2.45, 2.75) is 26.4 Å². The maximum Gasteiger partial charge on any atom is 0.128 e. The standard InChI is InChI=1S/C13H19N5/c1-3-15-12-5-4-6-13(17-12)16-11(2)9-18-8-7-14-10-18/h4-8,10-11H,3,9H2,1-2H3,(H2,15,16,17). The van der Waals surface area contributed by atoms with Gasteiger partial charge in [-0.15, -0.1) is 0 Å². The zero-order valence-electron chi connectivity index (χ0n) is 10.8. The molecule has 0 saturated heterocycles. The average molecular weight is 245 g/mol. The van der Waals surface area contributed by atoms with Crippen LogP contribution in [0.2, 0.25) is 0 Å². The van der Waals surface area contributed by atoms with Crippen molar-refractivity contribution in [1.29, 1.82) is 0 Å². The molecule has 0 radical (unpaired) electrons. The minimum absolute atomic E-state index is 0.295. The first-order valence-electron chi connectivity index (χ1n) is 6.21. The molecule has 2 aromatic heterocycles. The van der Waals surface area contributed by atoms with Crippen molar-refractivity contribution in [2.24, 2.45) is 0 Å². The lowest BCUT2D eigenvalue weighted by atomic mass is 10.3. The minimum atomic E-state index is 0.295. The predicted molar refractivity (Wildman–Crippen MR) is 73.7 cm³/mol. The number of hydrogen-bond donors (Lipinski definition) is 2. The van der Waals surface area contributed by atoms with Gasteiger partial charge in [0.15, 0.2) is 0 Å². The lowest BCUT2D eigenvalue weighted by Gasteiger charge is -2.15. The van der Waals surface area contributed by atoms with Gasteiger partial charge in [-0.25, -0.2) is 9.97 Å². The van der Waals surface area contributed by atoms with Crippen LogP contribution in [0.1, 0.15) is 13.8 Å². The van der Waals surface area contributed by atoms with E-state index in [4.69, 9.17) is 0 Å². The van der Waals surface area contributed by atoms with Gasteiger partial charge < -0.3 is 15.2 Å². The largest absolute Gasteiger partial charge is 0.370 e. The van der Waals surface area contributed by atoms with E-state index < -0.39 is 0 Å². The fourth-order valence-electron chi connectivity index (χ4n) is 1.80. The van der Waals surface area contributed by atoms with Crippen LogP contribution in [-0.4, -0.2) is 27.1 Å². The van der Waals surface area contributed by atoms with Crippen molar-refractivity contribution in [3.05, 3.63) is 36.9 Å². The van der Waals surface area contributed by atoms with Crippen LogP contribution in [0, 0.1) is 0 Å². The lowest BCUT2D eigenvalue weighted by Crippen LogP contribution is -2.22. The summed E-state index contributed by atoms with van der Waals surface area (Å²) in [6, 6.07) is 6.24. The summed E-state index contributed by atoms with van der Waals surface area (Å²) in [7, 11) is 0. The second kappa shape index (κ2) is 6.05. The third kappa shape index (κ3) is 3.48. The lowest BCUT2D eigenvalue weighted by molar-refractivity contribution is 0.617. The van der Waals surface area contributed by atoms with Gasteiger partial charge in [0.05, 0.1) is 6.33 Å². The number of nitrogens with zero attached hydrogens (tertiary/aromatic N) is 3. The number of anilines is 2. The van der Waals surface area contributed by atoms with Gasteiger partial charge in [0.1, 0.15) is 11.6 Å². The smallest absolute Gasteiger partial charge is 0.128 e. The van der Waals surface area contributed by atoms with Gasteiger partial charge in [-0.1, -0.05) is 6.07 Å². The van der Waals surface area contributed by atoms with Crippen LogP contribution in [-0.2, 0) is 6.54 Å². The summed E-state index contributed by atoms with van der Waals surface area (Å²) in [6.45, 7) is 5.93. The van der Waals surface area contributed by atoms with Crippen molar-refractivity contribution in [1.82, 2.24) is 14.5 Å². The molecule has 5 nitrogen and oxygen atoms in total. The highest BCUT2D eigenvalue weighted by atomic mass is 15.1. The minimum Gasteiger partial charge on any atom is -0.370 e. The Labute approximate surface area is 107 Å². The van der Waals surface area contributed by atoms with Crippen molar-refractivity contribution in [3.63, 3.8) is 0 Å². The third-order valence-electron chi connectivity index (χ3n) is 2.55. The molecule has 1 unspecified atom stereocenters. The van der Waals surface area contributed by atoms with E-state index in [1.54, 1.807) is 6.20 Å². The van der Waals surface area contributed by atoms with E-state index in [-0.39, 0.29) is 0 Å². The van der Waals surface area contributed by atoms with E-state index in [0.29, 0.717) is 6.04 Å². The molecule has 96 valence electrons. The van der Waals surface area contributed by atoms with Gasteiger partial charge in [-0.3, -0.25) is 0 Å². The molecule has 5 heteroatoms. The Hall–Kier alpha value is -2.04. The number of imidazole rings is 1. The quantitative estimate of drug-likeness (QED) is 0.819.